The monoisotopic (exact) mass is 459 g/mol. The van der Waals surface area contributed by atoms with Crippen LogP contribution in [0.15, 0.2) is 76.7 Å². The predicted octanol–water partition coefficient (Wildman–Crippen LogP) is 4.47. The molecule has 0 aliphatic heterocycles. The summed E-state index contributed by atoms with van der Waals surface area (Å²) in [5.74, 6) is 0. The zero-order valence-corrected chi connectivity index (χ0v) is 17.8. The number of hydrogen-bond acceptors (Lipinski definition) is 7. The van der Waals surface area contributed by atoms with E-state index in [0.717, 1.165) is 11.6 Å². The summed E-state index contributed by atoms with van der Waals surface area (Å²) in [7, 11) is -4.23. The van der Waals surface area contributed by atoms with E-state index in [0.29, 0.717) is 11.4 Å². The lowest BCUT2D eigenvalue weighted by molar-refractivity contribution is -0.385. The number of hydrazone groups is 1. The molecule has 4 N–H and O–H groups in total. The number of nitrogen functional groups attached to an aromatic ring is 1. The van der Waals surface area contributed by atoms with Crippen molar-refractivity contribution in [3.05, 3.63) is 87.4 Å². The molecule has 3 rings (SSSR count). The van der Waals surface area contributed by atoms with Crippen LogP contribution in [0.5, 0.6) is 0 Å². The van der Waals surface area contributed by atoms with Crippen LogP contribution >= 0.6 is 11.6 Å². The minimum Gasteiger partial charge on any atom is -0.399 e. The smallest absolute Gasteiger partial charge is 0.270 e. The minimum absolute atomic E-state index is 0.0495. The summed E-state index contributed by atoms with van der Waals surface area (Å²) in [6.45, 7) is 1.71. The Balaban J connectivity index is 2.00. The summed E-state index contributed by atoms with van der Waals surface area (Å²) < 4.78 is 28.4. The van der Waals surface area contributed by atoms with E-state index in [1.165, 1.54) is 24.3 Å². The Morgan fingerprint density at radius 1 is 1.06 bits per heavy atom. The number of benzene rings is 3. The van der Waals surface area contributed by atoms with Gasteiger partial charge in [0.05, 0.1) is 27.0 Å². The highest BCUT2D eigenvalue weighted by molar-refractivity contribution is 7.93. The molecule has 0 saturated carbocycles. The third-order valence-corrected chi connectivity index (χ3v) is 5.97. The average molecular weight is 460 g/mol. The third kappa shape index (κ3) is 5.30. The Hall–Kier alpha value is -3.63. The van der Waals surface area contributed by atoms with Gasteiger partial charge in [-0.25, -0.2) is 8.42 Å². The van der Waals surface area contributed by atoms with Gasteiger partial charge >= 0.3 is 0 Å². The molecule has 11 heteroatoms. The van der Waals surface area contributed by atoms with Crippen molar-refractivity contribution in [2.24, 2.45) is 5.10 Å². The second kappa shape index (κ2) is 9.02. The lowest BCUT2D eigenvalue weighted by Gasteiger charge is -2.13. The number of nitrogens with one attached hydrogen (secondary N) is 2. The molecule has 31 heavy (non-hydrogen) atoms. The van der Waals surface area contributed by atoms with Crippen molar-refractivity contribution >= 4 is 50.1 Å². The van der Waals surface area contributed by atoms with Crippen molar-refractivity contribution in [3.63, 3.8) is 0 Å². The molecule has 0 aliphatic rings. The molecule has 0 aliphatic carbocycles. The van der Waals surface area contributed by atoms with E-state index in [9.17, 15) is 18.5 Å². The van der Waals surface area contributed by atoms with Crippen LogP contribution in [0.25, 0.3) is 0 Å². The van der Waals surface area contributed by atoms with Crippen molar-refractivity contribution in [3.8, 4) is 0 Å². The molecular weight excluding hydrogens is 442 g/mol. The lowest BCUT2D eigenvalue weighted by atomic mass is 10.1. The lowest BCUT2D eigenvalue weighted by Crippen LogP contribution is -2.15. The van der Waals surface area contributed by atoms with E-state index >= 15 is 0 Å². The molecule has 0 atom stereocenters. The second-order valence-corrected chi connectivity index (χ2v) is 8.52. The molecule has 0 heterocycles. The molecule has 0 spiro atoms. The maximum absolute atomic E-state index is 13.0. The van der Waals surface area contributed by atoms with Crippen LogP contribution in [0.4, 0.5) is 22.7 Å². The van der Waals surface area contributed by atoms with Gasteiger partial charge in [-0.1, -0.05) is 35.9 Å². The number of nitrogens with zero attached hydrogens (tertiary/aromatic N) is 2. The van der Waals surface area contributed by atoms with E-state index in [4.69, 9.17) is 17.3 Å². The molecule has 0 aromatic heterocycles. The van der Waals surface area contributed by atoms with E-state index < -0.39 is 14.9 Å². The van der Waals surface area contributed by atoms with Crippen LogP contribution in [0, 0.1) is 10.1 Å². The number of non-ortho nitro benzene ring substituents is 1. The van der Waals surface area contributed by atoms with Crippen LogP contribution in [-0.2, 0) is 10.0 Å². The molecule has 0 unspecified atom stereocenters. The van der Waals surface area contributed by atoms with E-state index in [2.05, 4.69) is 15.2 Å². The highest BCUT2D eigenvalue weighted by Gasteiger charge is 2.23. The van der Waals surface area contributed by atoms with Crippen molar-refractivity contribution in [1.29, 1.82) is 0 Å². The number of para-hydroxylation sites is 1. The molecular formula is C20H18ClN5O4S. The Bertz CT molecular complexity index is 1280. The fourth-order valence-corrected chi connectivity index (χ4v) is 4.15. The van der Waals surface area contributed by atoms with E-state index in [-0.39, 0.29) is 27.0 Å². The van der Waals surface area contributed by atoms with Gasteiger partial charge in [0.25, 0.3) is 15.7 Å². The van der Waals surface area contributed by atoms with E-state index in [1.54, 1.807) is 43.3 Å². The van der Waals surface area contributed by atoms with Gasteiger partial charge in [-0.3, -0.25) is 20.3 Å². The summed E-state index contributed by atoms with van der Waals surface area (Å²) in [6, 6.07) is 16.7. The molecule has 0 saturated heterocycles. The Kier molecular flexibility index (Phi) is 6.42. The SMILES string of the molecule is C/C(=N\Nc1ccc([N+](=O)[O-])cc1S(=O)(=O)Nc1ccccc1Cl)c1cccc(N)c1. The van der Waals surface area contributed by atoms with Crippen molar-refractivity contribution in [2.75, 3.05) is 15.9 Å². The highest BCUT2D eigenvalue weighted by atomic mass is 35.5. The van der Waals surface area contributed by atoms with Crippen molar-refractivity contribution in [1.82, 2.24) is 0 Å². The first-order valence-electron chi connectivity index (χ1n) is 8.89. The molecule has 0 fully saturated rings. The summed E-state index contributed by atoms with van der Waals surface area (Å²) in [5, 5.41) is 15.6. The topological polar surface area (TPSA) is 140 Å². The zero-order chi connectivity index (χ0) is 22.6. The molecule has 160 valence electrons. The third-order valence-electron chi connectivity index (χ3n) is 4.23. The molecule has 3 aromatic rings. The number of hydrogen-bond donors (Lipinski definition) is 3. The van der Waals surface area contributed by atoms with Crippen LogP contribution in [0.1, 0.15) is 12.5 Å². The first kappa shape index (κ1) is 22.1. The first-order valence-corrected chi connectivity index (χ1v) is 10.8. The Morgan fingerprint density at radius 2 is 1.81 bits per heavy atom. The summed E-state index contributed by atoms with van der Waals surface area (Å²) in [5.41, 5.74) is 10.1. The summed E-state index contributed by atoms with van der Waals surface area (Å²) in [6.07, 6.45) is 0. The molecule has 0 radical (unpaired) electrons. The number of nitrogens with two attached hydrogens (primary N) is 1. The van der Waals surface area contributed by atoms with E-state index in [1.807, 2.05) is 0 Å². The highest BCUT2D eigenvalue weighted by Crippen LogP contribution is 2.30. The van der Waals surface area contributed by atoms with Gasteiger partial charge in [0.15, 0.2) is 0 Å². The maximum Gasteiger partial charge on any atom is 0.270 e. The summed E-state index contributed by atoms with van der Waals surface area (Å²) >= 11 is 6.04. The number of nitro groups is 1. The van der Waals surface area contributed by atoms with Gasteiger partial charge in [0, 0.05) is 17.8 Å². The Labute approximate surface area is 183 Å². The number of sulfonamides is 1. The molecule has 9 nitrogen and oxygen atoms in total. The molecule has 3 aromatic carbocycles. The van der Waals surface area contributed by atoms with Crippen LogP contribution < -0.4 is 15.9 Å². The average Bonchev–Trinajstić information content (AvgIpc) is 2.73. The van der Waals surface area contributed by atoms with Crippen molar-refractivity contribution < 1.29 is 13.3 Å². The van der Waals surface area contributed by atoms with Gasteiger partial charge in [-0.05, 0) is 42.8 Å². The van der Waals surface area contributed by atoms with Gasteiger partial charge in [0.2, 0.25) is 0 Å². The first-order chi connectivity index (χ1) is 14.7. The molecule has 0 amide bonds. The normalized spacial score (nSPS) is 11.7. The largest absolute Gasteiger partial charge is 0.399 e. The quantitative estimate of drug-likeness (QED) is 0.206. The van der Waals surface area contributed by atoms with Gasteiger partial charge in [-0.2, -0.15) is 5.10 Å². The number of anilines is 3. The minimum atomic E-state index is -4.23. The van der Waals surface area contributed by atoms with Crippen LogP contribution in [-0.4, -0.2) is 19.1 Å². The van der Waals surface area contributed by atoms with Gasteiger partial charge in [-0.15, -0.1) is 0 Å². The fourth-order valence-electron chi connectivity index (χ4n) is 2.66. The predicted molar refractivity (Wildman–Crippen MR) is 122 cm³/mol. The standard InChI is InChI=1S/C20H18ClN5O4S/c1-13(14-5-4-6-15(22)11-14)23-24-19-10-9-16(26(27)28)12-20(19)31(29,30)25-18-8-3-2-7-17(18)21/h2-12,24-25H,22H2,1H3/b23-13+. The van der Waals surface area contributed by atoms with Crippen LogP contribution in [0.2, 0.25) is 5.02 Å². The second-order valence-electron chi connectivity index (χ2n) is 6.46. The van der Waals surface area contributed by atoms with Gasteiger partial charge < -0.3 is 5.73 Å². The maximum atomic E-state index is 13.0. The van der Waals surface area contributed by atoms with Crippen molar-refractivity contribution in [2.45, 2.75) is 11.8 Å². The number of halogens is 1. The molecule has 0 bridgehead atoms. The summed E-state index contributed by atoms with van der Waals surface area (Å²) in [4.78, 5) is 10.2. The zero-order valence-electron chi connectivity index (χ0n) is 16.2. The van der Waals surface area contributed by atoms with Gasteiger partial charge in [0.1, 0.15) is 4.90 Å². The van der Waals surface area contributed by atoms with Crippen LogP contribution in [0.3, 0.4) is 0 Å². The number of rotatable bonds is 7. The number of nitro benzene ring substituents is 1. The Morgan fingerprint density at radius 3 is 2.48 bits per heavy atom. The fraction of sp³-hybridized carbons (Fsp3) is 0.0500.